The molecule has 1 fully saturated rings. The van der Waals surface area contributed by atoms with Gasteiger partial charge in [0, 0.05) is 0 Å². The topological polar surface area (TPSA) is 92.3 Å². The molecule has 1 aromatic heterocycles. The minimum atomic E-state index is -3.84. The number of benzene rings is 2. The highest BCUT2D eigenvalue weighted by atomic mass is 32.2. The Kier molecular flexibility index (Phi) is 4.90. The SMILES string of the molecule is O=S(=O)(Nc1ccccc1NS(=O)(=O)c1sccc1C1CC1)c1ccccc1. The molecule has 0 bridgehead atoms. The fourth-order valence-corrected chi connectivity index (χ4v) is 6.59. The maximum absolute atomic E-state index is 12.9. The van der Waals surface area contributed by atoms with Gasteiger partial charge in [0.05, 0.1) is 16.3 Å². The van der Waals surface area contributed by atoms with Crippen molar-refractivity contribution in [1.29, 1.82) is 0 Å². The molecule has 28 heavy (non-hydrogen) atoms. The van der Waals surface area contributed by atoms with Gasteiger partial charge in [-0.2, -0.15) is 0 Å². The smallest absolute Gasteiger partial charge is 0.271 e. The number of rotatable bonds is 7. The summed E-state index contributed by atoms with van der Waals surface area (Å²) in [5.74, 6) is 0.296. The average Bonchev–Trinajstić information content (AvgIpc) is 3.39. The molecule has 6 nitrogen and oxygen atoms in total. The van der Waals surface area contributed by atoms with Gasteiger partial charge in [-0.25, -0.2) is 16.8 Å². The number of hydrogen-bond donors (Lipinski definition) is 2. The van der Waals surface area contributed by atoms with Crippen molar-refractivity contribution < 1.29 is 16.8 Å². The second-order valence-corrected chi connectivity index (χ2v) is 11.0. The van der Waals surface area contributed by atoms with Crippen LogP contribution < -0.4 is 9.44 Å². The first-order valence-electron chi connectivity index (χ1n) is 8.64. The molecule has 2 N–H and O–H groups in total. The van der Waals surface area contributed by atoms with Crippen molar-refractivity contribution in [2.24, 2.45) is 0 Å². The van der Waals surface area contributed by atoms with Gasteiger partial charge in [-0.15, -0.1) is 11.3 Å². The van der Waals surface area contributed by atoms with Gasteiger partial charge in [-0.1, -0.05) is 30.3 Å². The fraction of sp³-hybridized carbons (Fsp3) is 0.158. The van der Waals surface area contributed by atoms with Crippen molar-refractivity contribution in [2.75, 3.05) is 9.44 Å². The highest BCUT2D eigenvalue weighted by Crippen LogP contribution is 2.45. The zero-order valence-electron chi connectivity index (χ0n) is 14.7. The molecule has 2 aromatic carbocycles. The molecular formula is C19H18N2O4S3. The molecule has 1 aliphatic rings. The molecule has 0 radical (unpaired) electrons. The number of para-hydroxylation sites is 2. The van der Waals surface area contributed by atoms with E-state index in [1.165, 1.54) is 35.6 Å². The number of thiophene rings is 1. The van der Waals surface area contributed by atoms with Crippen LogP contribution in [-0.2, 0) is 20.0 Å². The van der Waals surface area contributed by atoms with E-state index in [1.54, 1.807) is 35.7 Å². The van der Waals surface area contributed by atoms with Crippen molar-refractivity contribution in [1.82, 2.24) is 0 Å². The molecule has 0 unspecified atom stereocenters. The zero-order valence-corrected chi connectivity index (χ0v) is 17.1. The highest BCUT2D eigenvalue weighted by molar-refractivity contribution is 7.94. The average molecular weight is 435 g/mol. The van der Waals surface area contributed by atoms with Crippen molar-refractivity contribution in [3.8, 4) is 0 Å². The van der Waals surface area contributed by atoms with Crippen LogP contribution in [0.4, 0.5) is 11.4 Å². The number of anilines is 2. The van der Waals surface area contributed by atoms with Gasteiger partial charge in [0.2, 0.25) is 0 Å². The van der Waals surface area contributed by atoms with E-state index in [0.717, 1.165) is 18.4 Å². The summed E-state index contributed by atoms with van der Waals surface area (Å²) in [4.78, 5) is 0.0990. The zero-order chi connectivity index (χ0) is 19.8. The minimum Gasteiger partial charge on any atom is -0.277 e. The van der Waals surface area contributed by atoms with E-state index in [-0.39, 0.29) is 20.5 Å². The molecule has 0 aliphatic heterocycles. The Hall–Kier alpha value is -2.36. The van der Waals surface area contributed by atoms with E-state index >= 15 is 0 Å². The van der Waals surface area contributed by atoms with Crippen molar-refractivity contribution in [3.05, 3.63) is 71.6 Å². The molecule has 3 aromatic rings. The van der Waals surface area contributed by atoms with Crippen LogP contribution >= 0.6 is 11.3 Å². The first-order valence-corrected chi connectivity index (χ1v) is 12.5. The van der Waals surface area contributed by atoms with Crippen LogP contribution in [-0.4, -0.2) is 16.8 Å². The lowest BCUT2D eigenvalue weighted by molar-refractivity contribution is 0.599. The van der Waals surface area contributed by atoms with E-state index in [9.17, 15) is 16.8 Å². The van der Waals surface area contributed by atoms with E-state index in [0.29, 0.717) is 5.92 Å². The quantitative estimate of drug-likeness (QED) is 0.582. The van der Waals surface area contributed by atoms with E-state index in [4.69, 9.17) is 0 Å². The molecule has 1 saturated carbocycles. The van der Waals surface area contributed by atoms with Crippen molar-refractivity contribution in [3.63, 3.8) is 0 Å². The third-order valence-electron chi connectivity index (χ3n) is 4.39. The standard InChI is InChI=1S/C19H18N2O4S3/c22-27(23,15-6-2-1-3-7-15)20-17-8-4-5-9-18(17)21-28(24,25)19-16(12-13-26-19)14-10-11-14/h1-9,12-14,20-21H,10-11H2. The first-order chi connectivity index (χ1) is 13.4. The third kappa shape index (κ3) is 3.91. The van der Waals surface area contributed by atoms with Crippen LogP contribution in [0.25, 0.3) is 0 Å². The van der Waals surface area contributed by atoms with Gasteiger partial charge < -0.3 is 0 Å². The Balaban J connectivity index is 1.64. The monoisotopic (exact) mass is 434 g/mol. The molecule has 4 rings (SSSR count). The lowest BCUT2D eigenvalue weighted by atomic mass is 10.2. The van der Waals surface area contributed by atoms with Crippen molar-refractivity contribution in [2.45, 2.75) is 27.9 Å². The van der Waals surface area contributed by atoms with Crippen LogP contribution in [0.5, 0.6) is 0 Å². The Bertz CT molecular complexity index is 1200. The number of nitrogens with one attached hydrogen (secondary N) is 2. The first kappa shape index (κ1) is 19.0. The van der Waals surface area contributed by atoms with Gasteiger partial charge in [0.1, 0.15) is 4.21 Å². The second-order valence-electron chi connectivity index (χ2n) is 6.51. The Morgan fingerprint density at radius 2 is 1.32 bits per heavy atom. The van der Waals surface area contributed by atoms with Crippen LogP contribution in [0, 0.1) is 0 Å². The summed E-state index contributed by atoms with van der Waals surface area (Å²) in [6.45, 7) is 0. The molecule has 0 spiro atoms. The summed E-state index contributed by atoms with van der Waals surface area (Å²) >= 11 is 1.17. The van der Waals surface area contributed by atoms with Gasteiger partial charge in [-0.3, -0.25) is 9.44 Å². The van der Waals surface area contributed by atoms with Gasteiger partial charge in [-0.05, 0) is 60.0 Å². The van der Waals surface area contributed by atoms with Crippen LogP contribution in [0.15, 0.2) is 75.1 Å². The molecule has 0 atom stereocenters. The Labute approximate surface area is 168 Å². The molecule has 146 valence electrons. The predicted molar refractivity (Wildman–Crippen MR) is 111 cm³/mol. The summed E-state index contributed by atoms with van der Waals surface area (Å²) in [6, 6.07) is 16.1. The largest absolute Gasteiger partial charge is 0.277 e. The molecule has 9 heteroatoms. The third-order valence-corrected chi connectivity index (χ3v) is 8.65. The second kappa shape index (κ2) is 7.23. The van der Waals surface area contributed by atoms with Gasteiger partial charge in [0.15, 0.2) is 0 Å². The number of hydrogen-bond acceptors (Lipinski definition) is 5. The summed E-state index contributed by atoms with van der Waals surface area (Å²) in [6.07, 6.45) is 1.99. The van der Waals surface area contributed by atoms with E-state index < -0.39 is 20.0 Å². The normalized spacial score (nSPS) is 14.6. The highest BCUT2D eigenvalue weighted by Gasteiger charge is 2.32. The minimum absolute atomic E-state index is 0.0990. The lowest BCUT2D eigenvalue weighted by Crippen LogP contribution is -2.17. The summed E-state index contributed by atoms with van der Waals surface area (Å²) in [7, 11) is -7.65. The summed E-state index contributed by atoms with van der Waals surface area (Å²) in [5, 5.41) is 1.77. The summed E-state index contributed by atoms with van der Waals surface area (Å²) < 4.78 is 56.4. The molecule has 1 aliphatic carbocycles. The predicted octanol–water partition coefficient (Wildman–Crippen LogP) is 4.23. The maximum atomic E-state index is 12.9. The molecule has 0 amide bonds. The maximum Gasteiger partial charge on any atom is 0.271 e. The van der Waals surface area contributed by atoms with Crippen LogP contribution in [0.3, 0.4) is 0 Å². The molecule has 1 heterocycles. The lowest BCUT2D eigenvalue weighted by Gasteiger charge is -2.14. The van der Waals surface area contributed by atoms with Gasteiger partial charge in [0.25, 0.3) is 20.0 Å². The Morgan fingerprint density at radius 1 is 0.750 bits per heavy atom. The summed E-state index contributed by atoms with van der Waals surface area (Å²) in [5.41, 5.74) is 1.18. The number of sulfonamides is 2. The van der Waals surface area contributed by atoms with E-state index in [1.807, 2.05) is 6.07 Å². The van der Waals surface area contributed by atoms with Crippen LogP contribution in [0.2, 0.25) is 0 Å². The van der Waals surface area contributed by atoms with Gasteiger partial charge >= 0.3 is 0 Å². The molecule has 0 saturated heterocycles. The van der Waals surface area contributed by atoms with Crippen LogP contribution in [0.1, 0.15) is 24.3 Å². The van der Waals surface area contributed by atoms with E-state index in [2.05, 4.69) is 9.44 Å². The van der Waals surface area contributed by atoms with Crippen molar-refractivity contribution >= 4 is 42.8 Å². The Morgan fingerprint density at radius 3 is 1.93 bits per heavy atom. The fourth-order valence-electron chi connectivity index (χ4n) is 2.88. The molecular weight excluding hydrogens is 416 g/mol.